The van der Waals surface area contributed by atoms with Crippen molar-refractivity contribution in [2.24, 2.45) is 4.99 Å². The van der Waals surface area contributed by atoms with Crippen molar-refractivity contribution in [3.05, 3.63) is 35.8 Å². The number of likely N-dealkylation sites (tertiary alicyclic amines) is 1. The average molecular weight is 371 g/mol. The molecule has 1 aliphatic rings. The van der Waals surface area contributed by atoms with Gasteiger partial charge in [0.15, 0.2) is 5.96 Å². The van der Waals surface area contributed by atoms with E-state index >= 15 is 0 Å². The highest BCUT2D eigenvalue weighted by Gasteiger charge is 2.21. The van der Waals surface area contributed by atoms with Crippen LogP contribution in [0.5, 0.6) is 0 Å². The van der Waals surface area contributed by atoms with Crippen LogP contribution < -0.4 is 16.0 Å². The Bertz CT molecular complexity index is 805. The molecule has 0 radical (unpaired) electrons. The molecular weight excluding hydrogens is 342 g/mol. The summed E-state index contributed by atoms with van der Waals surface area (Å²) < 4.78 is 2.09. The molecule has 0 aromatic carbocycles. The number of hydrogen-bond acceptors (Lipinski definition) is 4. The van der Waals surface area contributed by atoms with Crippen LogP contribution in [0.1, 0.15) is 24.2 Å². The van der Waals surface area contributed by atoms with E-state index in [2.05, 4.69) is 54.4 Å². The molecule has 1 fully saturated rings. The molecule has 0 aliphatic carbocycles. The molecule has 0 atom stereocenters. The number of aromatic nitrogens is 2. The van der Waals surface area contributed by atoms with Gasteiger partial charge in [0.2, 0.25) is 5.91 Å². The lowest BCUT2D eigenvalue weighted by Crippen LogP contribution is -2.49. The monoisotopic (exact) mass is 371 g/mol. The fourth-order valence-electron chi connectivity index (χ4n) is 3.36. The molecular formula is C19H29N7O. The zero-order valence-corrected chi connectivity index (χ0v) is 16.3. The van der Waals surface area contributed by atoms with E-state index in [1.165, 1.54) is 0 Å². The van der Waals surface area contributed by atoms with Gasteiger partial charge in [-0.05, 0) is 31.9 Å². The van der Waals surface area contributed by atoms with Crippen molar-refractivity contribution < 1.29 is 4.79 Å². The molecule has 2 aromatic rings. The molecule has 3 N–H and O–H groups in total. The van der Waals surface area contributed by atoms with Gasteiger partial charge in [0.25, 0.3) is 0 Å². The maximum absolute atomic E-state index is 11.5. The van der Waals surface area contributed by atoms with Gasteiger partial charge in [0.1, 0.15) is 5.65 Å². The molecule has 8 nitrogen and oxygen atoms in total. The molecule has 0 bridgehead atoms. The predicted octanol–water partition coefficient (Wildman–Crippen LogP) is 0.518. The summed E-state index contributed by atoms with van der Waals surface area (Å²) in [4.78, 5) is 22.6. The van der Waals surface area contributed by atoms with Gasteiger partial charge >= 0.3 is 0 Å². The molecule has 1 saturated heterocycles. The van der Waals surface area contributed by atoms with Gasteiger partial charge in [-0.3, -0.25) is 14.7 Å². The van der Waals surface area contributed by atoms with Crippen LogP contribution >= 0.6 is 0 Å². The number of nitrogens with zero attached hydrogens (tertiary/aromatic N) is 4. The number of nitrogens with one attached hydrogen (secondary N) is 3. The molecule has 146 valence electrons. The van der Waals surface area contributed by atoms with Crippen LogP contribution in [0.25, 0.3) is 5.65 Å². The van der Waals surface area contributed by atoms with Gasteiger partial charge in [0.05, 0.1) is 18.8 Å². The van der Waals surface area contributed by atoms with Crippen LogP contribution in [0, 0.1) is 6.92 Å². The minimum absolute atomic E-state index is 0.0709. The number of aliphatic imine (C=N–C) groups is 1. The summed E-state index contributed by atoms with van der Waals surface area (Å²) in [6, 6.07) is 6.46. The molecule has 2 aromatic heterocycles. The maximum atomic E-state index is 11.5. The standard InChI is InChI=1S/C19H29N7O/c1-14-5-4-6-17-23-16(12-26(14)17)11-22-19(21-3)24-15-7-9-25(10-8-15)13-18(27)20-2/h4-6,12,15H,7-11,13H2,1-3H3,(H,20,27)(H2,21,22,24). The summed E-state index contributed by atoms with van der Waals surface area (Å²) in [6.07, 6.45) is 4.04. The highest BCUT2D eigenvalue weighted by molar-refractivity contribution is 5.80. The Labute approximate surface area is 160 Å². The summed E-state index contributed by atoms with van der Waals surface area (Å²) in [6.45, 7) is 4.99. The highest BCUT2D eigenvalue weighted by Crippen LogP contribution is 2.10. The third-order valence-corrected chi connectivity index (χ3v) is 4.98. The Hall–Kier alpha value is -2.61. The number of carbonyl (C=O) groups is 1. The van der Waals surface area contributed by atoms with Crippen LogP contribution in [0.2, 0.25) is 0 Å². The van der Waals surface area contributed by atoms with E-state index in [9.17, 15) is 4.79 Å². The second-order valence-electron chi connectivity index (χ2n) is 6.92. The van der Waals surface area contributed by atoms with E-state index in [4.69, 9.17) is 0 Å². The zero-order chi connectivity index (χ0) is 19.2. The molecule has 1 amide bonds. The Morgan fingerprint density at radius 3 is 2.78 bits per heavy atom. The van der Waals surface area contributed by atoms with Crippen molar-refractivity contribution in [2.45, 2.75) is 32.4 Å². The van der Waals surface area contributed by atoms with Crippen molar-refractivity contribution in [3.8, 4) is 0 Å². The SMILES string of the molecule is CN=C(NCc1cn2c(C)cccc2n1)NC1CCN(CC(=O)NC)CC1. The van der Waals surface area contributed by atoms with E-state index in [0.717, 1.165) is 48.9 Å². The fourth-order valence-corrected chi connectivity index (χ4v) is 3.36. The van der Waals surface area contributed by atoms with Gasteiger partial charge in [-0.1, -0.05) is 6.07 Å². The van der Waals surface area contributed by atoms with Crippen LogP contribution in [-0.4, -0.2) is 65.9 Å². The number of amides is 1. The van der Waals surface area contributed by atoms with Gasteiger partial charge in [-0.25, -0.2) is 4.98 Å². The van der Waals surface area contributed by atoms with E-state index in [1.807, 2.05) is 12.1 Å². The first kappa shape index (κ1) is 19.2. The minimum Gasteiger partial charge on any atom is -0.358 e. The number of carbonyl (C=O) groups excluding carboxylic acids is 1. The van der Waals surface area contributed by atoms with Crippen LogP contribution in [0.4, 0.5) is 0 Å². The van der Waals surface area contributed by atoms with Crippen molar-refractivity contribution in [1.82, 2.24) is 30.2 Å². The highest BCUT2D eigenvalue weighted by atomic mass is 16.1. The third kappa shape index (κ3) is 4.97. The van der Waals surface area contributed by atoms with Crippen LogP contribution in [0.15, 0.2) is 29.4 Å². The lowest BCUT2D eigenvalue weighted by molar-refractivity contribution is -0.122. The van der Waals surface area contributed by atoms with Crippen molar-refractivity contribution in [2.75, 3.05) is 33.7 Å². The summed E-state index contributed by atoms with van der Waals surface area (Å²) in [5.74, 6) is 0.857. The van der Waals surface area contributed by atoms with E-state index in [1.54, 1.807) is 14.1 Å². The molecule has 0 unspecified atom stereocenters. The number of likely N-dealkylation sites (N-methyl/N-ethyl adjacent to an activating group) is 1. The zero-order valence-electron chi connectivity index (χ0n) is 16.3. The average Bonchev–Trinajstić information content (AvgIpc) is 3.11. The van der Waals surface area contributed by atoms with Crippen molar-refractivity contribution >= 4 is 17.5 Å². The van der Waals surface area contributed by atoms with Gasteiger partial charge in [-0.2, -0.15) is 0 Å². The number of fused-ring (bicyclic) bond motifs is 1. The second-order valence-corrected chi connectivity index (χ2v) is 6.92. The Kier molecular flexibility index (Phi) is 6.28. The van der Waals surface area contributed by atoms with Crippen LogP contribution in [0.3, 0.4) is 0 Å². The number of rotatable bonds is 5. The molecule has 8 heteroatoms. The van der Waals surface area contributed by atoms with Crippen molar-refractivity contribution in [1.29, 1.82) is 0 Å². The smallest absolute Gasteiger partial charge is 0.233 e. The topological polar surface area (TPSA) is 86.1 Å². The number of piperidine rings is 1. The Morgan fingerprint density at radius 2 is 2.11 bits per heavy atom. The Morgan fingerprint density at radius 1 is 1.33 bits per heavy atom. The molecule has 1 aliphatic heterocycles. The molecule has 3 heterocycles. The van der Waals surface area contributed by atoms with Gasteiger partial charge in [0, 0.05) is 45.1 Å². The molecule has 27 heavy (non-hydrogen) atoms. The largest absolute Gasteiger partial charge is 0.358 e. The predicted molar refractivity (Wildman–Crippen MR) is 107 cm³/mol. The lowest BCUT2D eigenvalue weighted by Gasteiger charge is -2.32. The number of imidazole rings is 1. The number of guanidine groups is 1. The number of pyridine rings is 1. The third-order valence-electron chi connectivity index (χ3n) is 4.98. The quantitative estimate of drug-likeness (QED) is 0.527. The summed E-state index contributed by atoms with van der Waals surface area (Å²) in [5, 5.41) is 9.51. The molecule has 3 rings (SSSR count). The normalized spacial score (nSPS) is 16.5. The van der Waals surface area contributed by atoms with Gasteiger partial charge in [-0.15, -0.1) is 0 Å². The van der Waals surface area contributed by atoms with E-state index < -0.39 is 0 Å². The Balaban J connectivity index is 1.48. The first-order valence-electron chi connectivity index (χ1n) is 9.42. The second kappa shape index (κ2) is 8.85. The molecule has 0 spiro atoms. The molecule has 0 saturated carbocycles. The summed E-state index contributed by atoms with van der Waals surface area (Å²) in [7, 11) is 3.46. The van der Waals surface area contributed by atoms with E-state index in [-0.39, 0.29) is 5.91 Å². The first-order valence-corrected chi connectivity index (χ1v) is 9.42. The van der Waals surface area contributed by atoms with Gasteiger partial charge < -0.3 is 20.4 Å². The minimum atomic E-state index is 0.0709. The summed E-state index contributed by atoms with van der Waals surface area (Å²) >= 11 is 0. The lowest BCUT2D eigenvalue weighted by atomic mass is 10.1. The van der Waals surface area contributed by atoms with Crippen LogP contribution in [-0.2, 0) is 11.3 Å². The summed E-state index contributed by atoms with van der Waals surface area (Å²) in [5.41, 5.74) is 3.10. The maximum Gasteiger partial charge on any atom is 0.233 e. The van der Waals surface area contributed by atoms with E-state index in [0.29, 0.717) is 19.1 Å². The number of hydrogen-bond donors (Lipinski definition) is 3. The van der Waals surface area contributed by atoms with Crippen molar-refractivity contribution in [3.63, 3.8) is 0 Å². The number of aryl methyl sites for hydroxylation is 1. The first-order chi connectivity index (χ1) is 13.1. The fraction of sp³-hybridized carbons (Fsp3) is 0.526.